The number of nitrogens with one attached hydrogen (secondary N) is 1. The van der Waals surface area contributed by atoms with Crippen molar-refractivity contribution in [1.29, 1.82) is 5.41 Å². The Morgan fingerprint density at radius 1 is 1.29 bits per heavy atom. The SMILES string of the molecule is N=C(N)C1CCCN(C(=O)C2CC2)C1. The van der Waals surface area contributed by atoms with Crippen LogP contribution in [0.2, 0.25) is 0 Å². The molecule has 1 unspecified atom stereocenters. The van der Waals surface area contributed by atoms with Crippen molar-refractivity contribution < 1.29 is 4.79 Å². The highest BCUT2D eigenvalue weighted by molar-refractivity contribution is 5.83. The highest BCUT2D eigenvalue weighted by Gasteiger charge is 2.35. The molecule has 14 heavy (non-hydrogen) atoms. The summed E-state index contributed by atoms with van der Waals surface area (Å²) in [6, 6.07) is 0. The minimum absolute atomic E-state index is 0.103. The molecule has 2 fully saturated rings. The van der Waals surface area contributed by atoms with E-state index in [1.165, 1.54) is 0 Å². The van der Waals surface area contributed by atoms with E-state index in [0.717, 1.165) is 32.2 Å². The van der Waals surface area contributed by atoms with Gasteiger partial charge in [0.25, 0.3) is 0 Å². The van der Waals surface area contributed by atoms with Gasteiger partial charge >= 0.3 is 0 Å². The Balaban J connectivity index is 1.92. The number of amidine groups is 1. The quantitative estimate of drug-likeness (QED) is 0.499. The lowest BCUT2D eigenvalue weighted by Gasteiger charge is -2.32. The second-order valence-corrected chi connectivity index (χ2v) is 4.35. The van der Waals surface area contributed by atoms with E-state index in [0.29, 0.717) is 12.5 Å². The Morgan fingerprint density at radius 3 is 2.57 bits per heavy atom. The van der Waals surface area contributed by atoms with Crippen LogP contribution in [0, 0.1) is 17.2 Å². The molecule has 0 spiro atoms. The van der Waals surface area contributed by atoms with Crippen molar-refractivity contribution in [2.45, 2.75) is 25.7 Å². The summed E-state index contributed by atoms with van der Waals surface area (Å²) in [5.41, 5.74) is 5.47. The lowest BCUT2D eigenvalue weighted by Crippen LogP contribution is -2.44. The van der Waals surface area contributed by atoms with Crippen LogP contribution in [0.4, 0.5) is 0 Å². The number of carbonyl (C=O) groups excluding carboxylic acids is 1. The van der Waals surface area contributed by atoms with Crippen molar-refractivity contribution in [3.8, 4) is 0 Å². The molecule has 4 nitrogen and oxygen atoms in total. The zero-order valence-electron chi connectivity index (χ0n) is 8.33. The minimum atomic E-state index is 0.103. The molecule has 0 aromatic carbocycles. The van der Waals surface area contributed by atoms with Gasteiger partial charge in [-0.25, -0.2) is 0 Å². The average molecular weight is 195 g/mol. The zero-order chi connectivity index (χ0) is 10.1. The number of rotatable bonds is 2. The maximum atomic E-state index is 11.7. The third kappa shape index (κ3) is 1.89. The third-order valence-electron chi connectivity index (χ3n) is 3.10. The van der Waals surface area contributed by atoms with Crippen LogP contribution in [-0.2, 0) is 4.79 Å². The number of nitrogens with two attached hydrogens (primary N) is 1. The summed E-state index contributed by atoms with van der Waals surface area (Å²) in [6.45, 7) is 1.53. The lowest BCUT2D eigenvalue weighted by atomic mass is 9.97. The molecule has 1 saturated carbocycles. The van der Waals surface area contributed by atoms with E-state index in [-0.39, 0.29) is 17.7 Å². The summed E-state index contributed by atoms with van der Waals surface area (Å²) in [5, 5.41) is 7.38. The number of hydrogen-bond acceptors (Lipinski definition) is 2. The molecule has 1 heterocycles. The van der Waals surface area contributed by atoms with Crippen LogP contribution in [-0.4, -0.2) is 29.7 Å². The third-order valence-corrected chi connectivity index (χ3v) is 3.10. The zero-order valence-corrected chi connectivity index (χ0v) is 8.33. The van der Waals surface area contributed by atoms with E-state index >= 15 is 0 Å². The molecule has 0 radical (unpaired) electrons. The molecule has 0 bridgehead atoms. The Morgan fingerprint density at radius 2 is 2.00 bits per heavy atom. The van der Waals surface area contributed by atoms with E-state index in [4.69, 9.17) is 11.1 Å². The fourth-order valence-electron chi connectivity index (χ4n) is 2.02. The molecule has 1 aliphatic heterocycles. The summed E-state index contributed by atoms with van der Waals surface area (Å²) < 4.78 is 0. The smallest absolute Gasteiger partial charge is 0.225 e. The van der Waals surface area contributed by atoms with Gasteiger partial charge in [-0.05, 0) is 25.7 Å². The molecule has 2 aliphatic rings. The van der Waals surface area contributed by atoms with E-state index in [9.17, 15) is 4.79 Å². The van der Waals surface area contributed by atoms with Crippen molar-refractivity contribution in [2.75, 3.05) is 13.1 Å². The first-order valence-corrected chi connectivity index (χ1v) is 5.31. The van der Waals surface area contributed by atoms with Crippen LogP contribution in [0.5, 0.6) is 0 Å². The number of likely N-dealkylation sites (tertiary alicyclic amines) is 1. The molecule has 2 rings (SSSR count). The van der Waals surface area contributed by atoms with Gasteiger partial charge in [-0.1, -0.05) is 0 Å². The summed E-state index contributed by atoms with van der Waals surface area (Å²) in [6.07, 6.45) is 4.06. The van der Waals surface area contributed by atoms with Crippen LogP contribution in [0.15, 0.2) is 0 Å². The van der Waals surface area contributed by atoms with Crippen LogP contribution >= 0.6 is 0 Å². The number of carbonyl (C=O) groups is 1. The summed E-state index contributed by atoms with van der Waals surface area (Å²) >= 11 is 0. The molecular weight excluding hydrogens is 178 g/mol. The number of hydrogen-bond donors (Lipinski definition) is 2. The monoisotopic (exact) mass is 195 g/mol. The van der Waals surface area contributed by atoms with Crippen LogP contribution < -0.4 is 5.73 Å². The number of piperidine rings is 1. The molecule has 1 aliphatic carbocycles. The fourth-order valence-corrected chi connectivity index (χ4v) is 2.02. The van der Waals surface area contributed by atoms with Gasteiger partial charge in [-0.3, -0.25) is 10.2 Å². The van der Waals surface area contributed by atoms with Crippen molar-refractivity contribution in [3.63, 3.8) is 0 Å². The highest BCUT2D eigenvalue weighted by Crippen LogP contribution is 2.32. The second-order valence-electron chi connectivity index (χ2n) is 4.35. The van der Waals surface area contributed by atoms with Gasteiger partial charge in [-0.2, -0.15) is 0 Å². The lowest BCUT2D eigenvalue weighted by molar-refractivity contribution is -0.133. The Bertz CT molecular complexity index is 260. The fraction of sp³-hybridized carbons (Fsp3) is 0.800. The molecule has 0 aromatic heterocycles. The Hall–Kier alpha value is -1.06. The van der Waals surface area contributed by atoms with E-state index < -0.39 is 0 Å². The topological polar surface area (TPSA) is 70.2 Å². The van der Waals surface area contributed by atoms with Gasteiger partial charge in [0, 0.05) is 24.9 Å². The molecule has 0 aromatic rings. The predicted molar refractivity (Wildman–Crippen MR) is 53.9 cm³/mol. The van der Waals surface area contributed by atoms with Crippen molar-refractivity contribution in [1.82, 2.24) is 4.90 Å². The van der Waals surface area contributed by atoms with Gasteiger partial charge in [0.1, 0.15) is 0 Å². The van der Waals surface area contributed by atoms with Crippen molar-refractivity contribution in [3.05, 3.63) is 0 Å². The molecular formula is C10H17N3O. The van der Waals surface area contributed by atoms with Gasteiger partial charge in [0.05, 0.1) is 5.84 Å². The van der Waals surface area contributed by atoms with Crippen LogP contribution in [0.1, 0.15) is 25.7 Å². The van der Waals surface area contributed by atoms with Gasteiger partial charge < -0.3 is 10.6 Å². The average Bonchev–Trinajstić information content (AvgIpc) is 3.00. The maximum absolute atomic E-state index is 11.7. The maximum Gasteiger partial charge on any atom is 0.225 e. The summed E-state index contributed by atoms with van der Waals surface area (Å²) in [4.78, 5) is 13.6. The molecule has 1 saturated heterocycles. The minimum Gasteiger partial charge on any atom is -0.387 e. The first-order valence-electron chi connectivity index (χ1n) is 5.31. The standard InChI is InChI=1S/C10H17N3O/c11-9(12)8-2-1-5-13(6-8)10(14)7-3-4-7/h7-8H,1-6H2,(H3,11,12). The van der Waals surface area contributed by atoms with E-state index in [1.807, 2.05) is 4.90 Å². The molecule has 1 atom stereocenters. The number of amides is 1. The first kappa shape index (κ1) is 9.49. The Labute approximate surface area is 84.0 Å². The molecule has 1 amide bonds. The van der Waals surface area contributed by atoms with E-state index in [1.54, 1.807) is 0 Å². The summed E-state index contributed by atoms with van der Waals surface area (Å²) in [5.74, 6) is 0.918. The predicted octanol–water partition coefficient (Wildman–Crippen LogP) is 0.571. The molecule has 4 heteroatoms. The highest BCUT2D eigenvalue weighted by atomic mass is 16.2. The van der Waals surface area contributed by atoms with Gasteiger partial charge in [0.15, 0.2) is 0 Å². The summed E-state index contributed by atoms with van der Waals surface area (Å²) in [7, 11) is 0. The largest absolute Gasteiger partial charge is 0.387 e. The van der Waals surface area contributed by atoms with Crippen LogP contribution in [0.3, 0.4) is 0 Å². The first-order chi connectivity index (χ1) is 6.68. The van der Waals surface area contributed by atoms with Crippen molar-refractivity contribution >= 4 is 11.7 Å². The molecule has 78 valence electrons. The molecule has 3 N–H and O–H groups in total. The Kier molecular flexibility index (Phi) is 2.44. The van der Waals surface area contributed by atoms with E-state index in [2.05, 4.69) is 0 Å². The normalized spacial score (nSPS) is 27.4. The van der Waals surface area contributed by atoms with Crippen LogP contribution in [0.25, 0.3) is 0 Å². The van der Waals surface area contributed by atoms with Gasteiger partial charge in [-0.15, -0.1) is 0 Å². The second kappa shape index (κ2) is 3.59. The van der Waals surface area contributed by atoms with Gasteiger partial charge in [0.2, 0.25) is 5.91 Å². The number of nitrogens with zero attached hydrogens (tertiary/aromatic N) is 1. The van der Waals surface area contributed by atoms with Crippen molar-refractivity contribution in [2.24, 2.45) is 17.6 Å².